The van der Waals surface area contributed by atoms with Crippen molar-refractivity contribution in [3.05, 3.63) is 65.7 Å². The zero-order chi connectivity index (χ0) is 56.6. The molecule has 0 aliphatic carbocycles. The summed E-state index contributed by atoms with van der Waals surface area (Å²) in [4.78, 5) is 0.0118. The van der Waals surface area contributed by atoms with E-state index >= 15 is 0 Å². The number of hydrogen-bond donors (Lipinski definition) is 1. The SMILES string of the molecule is COCC1O[C@@H](O[C@H]2C(C)C(C)[C@@H](O[C@H]3C(C)C(OC)[C@H](O[C@@H]4C(COCc5ccccc5)O[C@@H](C)C(C)[C@H]4C)O[C@H]3COC)O[C@H]2COC)C(OC)[C@@H](C)[C@@H]1O[C@H]1OC(COS(=O)(=O)c2ccc(C)cc2)[C@@H](O)[C@H](C)C1C. The summed E-state index contributed by atoms with van der Waals surface area (Å²) in [6.07, 6.45) is -10.6. The average Bonchev–Trinajstić information content (AvgIpc) is 3.50. The highest BCUT2D eigenvalue weighted by molar-refractivity contribution is 7.86. The Morgan fingerprint density at radius 2 is 0.872 bits per heavy atom. The lowest BCUT2D eigenvalue weighted by Gasteiger charge is -2.52. The standard InChI is InChI=1S/C58H92O19S/c1-31-21-23-42(24-22-31)78(60,61)68-30-43-48(59)33(3)36(6)55(70-43)74-51-38(8)54(66-15)58(73-45(51)27-63-12)77-50-35(5)37(7)56(71-44(50)26-62-11)75-52-39(9)53(65-14)57(72-46(52)28-64-13)76-49-34(4)32(2)40(10)69-47(49)29-67-25-41-19-17-16-18-20-41/h16-24,32-40,43-59H,25-30H2,1-15H3/t32?,33-,34-,35?,36?,37?,38+,39?,40+,43?,44+,45?,46+,47?,48+,49+,50+,51+,52+,53?,54?,55-,56-,57+,58+/m1/s1. The molecule has 5 aliphatic heterocycles. The minimum atomic E-state index is -4.13. The van der Waals surface area contributed by atoms with Crippen molar-refractivity contribution in [1.29, 1.82) is 0 Å². The molecule has 19 nitrogen and oxygen atoms in total. The molecule has 0 aromatic heterocycles. The van der Waals surface area contributed by atoms with Gasteiger partial charge in [-0.05, 0) is 55.2 Å². The Morgan fingerprint density at radius 3 is 1.36 bits per heavy atom. The van der Waals surface area contributed by atoms with Gasteiger partial charge in [0.1, 0.15) is 42.7 Å². The highest BCUT2D eigenvalue weighted by atomic mass is 32.2. The molecule has 0 amide bonds. The van der Waals surface area contributed by atoms with Gasteiger partial charge in [-0.15, -0.1) is 0 Å². The second-order valence-electron chi connectivity index (χ2n) is 22.6. The van der Waals surface area contributed by atoms with Crippen LogP contribution in [0.1, 0.15) is 73.4 Å². The third kappa shape index (κ3) is 14.7. The molecule has 5 saturated heterocycles. The van der Waals surface area contributed by atoms with Crippen molar-refractivity contribution in [2.45, 2.75) is 185 Å². The maximum atomic E-state index is 13.1. The van der Waals surface area contributed by atoms with E-state index in [1.165, 1.54) is 12.1 Å². The molecule has 0 spiro atoms. The summed E-state index contributed by atoms with van der Waals surface area (Å²) in [7, 11) is 3.98. The van der Waals surface area contributed by atoms with Crippen LogP contribution in [0, 0.1) is 54.3 Å². The number of hydrogen-bond acceptors (Lipinski definition) is 19. The Morgan fingerprint density at radius 1 is 0.449 bits per heavy atom. The number of aryl methyl sites for hydroxylation is 1. The van der Waals surface area contributed by atoms with Crippen LogP contribution < -0.4 is 0 Å². The fraction of sp³-hybridized carbons (Fsp3) is 0.793. The van der Waals surface area contributed by atoms with Gasteiger partial charge in [0.2, 0.25) is 0 Å². The van der Waals surface area contributed by atoms with Crippen LogP contribution in [-0.2, 0) is 92.0 Å². The predicted molar refractivity (Wildman–Crippen MR) is 285 cm³/mol. The van der Waals surface area contributed by atoms with E-state index in [1.54, 1.807) is 47.7 Å². The fourth-order valence-electron chi connectivity index (χ4n) is 11.9. The molecule has 2 aromatic carbocycles. The molecule has 20 heteroatoms. The summed E-state index contributed by atoms with van der Waals surface area (Å²) in [6.45, 7) is 21.4. The van der Waals surface area contributed by atoms with Crippen molar-refractivity contribution < 1.29 is 88.8 Å². The van der Waals surface area contributed by atoms with Crippen LogP contribution >= 0.6 is 0 Å². The zero-order valence-electron chi connectivity index (χ0n) is 48.6. The molecule has 25 atom stereocenters. The van der Waals surface area contributed by atoms with Gasteiger partial charge >= 0.3 is 0 Å². The molecule has 78 heavy (non-hydrogen) atoms. The lowest BCUT2D eigenvalue weighted by Crippen LogP contribution is -2.63. The summed E-state index contributed by atoms with van der Waals surface area (Å²) < 4.78 is 129. The van der Waals surface area contributed by atoms with Crippen LogP contribution in [0.2, 0.25) is 0 Å². The average molecular weight is 1130 g/mol. The molecule has 0 radical (unpaired) electrons. The largest absolute Gasteiger partial charge is 0.390 e. The number of benzene rings is 2. The van der Waals surface area contributed by atoms with Gasteiger partial charge in [0, 0.05) is 59.2 Å². The molecule has 5 fully saturated rings. The smallest absolute Gasteiger partial charge is 0.297 e. The first kappa shape index (κ1) is 63.3. The lowest BCUT2D eigenvalue weighted by molar-refractivity contribution is -0.376. The third-order valence-electron chi connectivity index (χ3n) is 17.5. The molecule has 10 unspecified atom stereocenters. The molecule has 0 bridgehead atoms. The van der Waals surface area contributed by atoms with Crippen LogP contribution in [0.4, 0.5) is 0 Å². The van der Waals surface area contributed by atoms with Crippen LogP contribution in [0.3, 0.4) is 0 Å². The predicted octanol–water partition coefficient (Wildman–Crippen LogP) is 6.56. The van der Waals surface area contributed by atoms with Crippen molar-refractivity contribution in [3.63, 3.8) is 0 Å². The van der Waals surface area contributed by atoms with Gasteiger partial charge in [-0.25, -0.2) is 0 Å². The van der Waals surface area contributed by atoms with Gasteiger partial charge in [0.05, 0.1) is 81.2 Å². The minimum absolute atomic E-state index is 0.0110. The van der Waals surface area contributed by atoms with E-state index in [1.807, 2.05) is 58.0 Å². The van der Waals surface area contributed by atoms with Gasteiger partial charge in [0.25, 0.3) is 10.1 Å². The molecule has 1 N–H and O–H groups in total. The van der Waals surface area contributed by atoms with E-state index in [0.717, 1.165) is 11.1 Å². The van der Waals surface area contributed by atoms with Crippen LogP contribution in [0.15, 0.2) is 59.5 Å². The Bertz CT molecular complexity index is 2190. The van der Waals surface area contributed by atoms with Crippen molar-refractivity contribution in [2.24, 2.45) is 47.3 Å². The van der Waals surface area contributed by atoms with E-state index in [-0.39, 0.29) is 90.4 Å². The van der Waals surface area contributed by atoms with Crippen LogP contribution in [0.25, 0.3) is 0 Å². The van der Waals surface area contributed by atoms with Crippen molar-refractivity contribution in [2.75, 3.05) is 68.6 Å². The topological polar surface area (TPSA) is 202 Å². The second-order valence-corrected chi connectivity index (χ2v) is 24.3. The molecule has 5 heterocycles. The highest BCUT2D eigenvalue weighted by Gasteiger charge is 2.55. The van der Waals surface area contributed by atoms with E-state index in [4.69, 9.17) is 75.2 Å². The number of rotatable bonds is 24. The van der Waals surface area contributed by atoms with Crippen molar-refractivity contribution in [3.8, 4) is 0 Å². The molecule has 0 saturated carbocycles. The Labute approximate surface area is 464 Å². The maximum absolute atomic E-state index is 13.1. The number of aliphatic hydroxyl groups excluding tert-OH is 1. The number of ether oxygens (including phenoxy) is 15. The summed E-state index contributed by atoms with van der Waals surface area (Å²) in [6, 6.07) is 16.4. The van der Waals surface area contributed by atoms with Crippen LogP contribution in [0.5, 0.6) is 0 Å². The monoisotopic (exact) mass is 1120 g/mol. The quantitative estimate of drug-likeness (QED) is 0.111. The molecule has 5 aliphatic rings. The van der Waals surface area contributed by atoms with Crippen molar-refractivity contribution in [1.82, 2.24) is 0 Å². The van der Waals surface area contributed by atoms with Crippen molar-refractivity contribution >= 4 is 10.1 Å². The summed E-state index contributed by atoms with van der Waals surface area (Å²) in [5, 5.41) is 11.3. The Balaban J connectivity index is 1.02. The molecule has 2 aromatic rings. The summed E-state index contributed by atoms with van der Waals surface area (Å²) >= 11 is 0. The summed E-state index contributed by atoms with van der Waals surface area (Å²) in [5.74, 6) is -1.24. The molecule has 7 rings (SSSR count). The Kier molecular flexibility index (Phi) is 23.4. The fourth-order valence-corrected chi connectivity index (χ4v) is 12.8. The van der Waals surface area contributed by atoms with Gasteiger partial charge in [0.15, 0.2) is 25.2 Å². The first-order valence-electron chi connectivity index (χ1n) is 27.9. The van der Waals surface area contributed by atoms with E-state index in [0.29, 0.717) is 13.2 Å². The van der Waals surface area contributed by atoms with E-state index in [9.17, 15) is 13.5 Å². The molecular formula is C58H92O19S. The maximum Gasteiger partial charge on any atom is 0.297 e. The van der Waals surface area contributed by atoms with Crippen LogP contribution in [-0.4, -0.2) is 187 Å². The van der Waals surface area contributed by atoms with Gasteiger partial charge in [-0.2, -0.15) is 8.42 Å². The summed E-state index contributed by atoms with van der Waals surface area (Å²) in [5.41, 5.74) is 1.99. The highest BCUT2D eigenvalue weighted by Crippen LogP contribution is 2.43. The zero-order valence-corrected chi connectivity index (χ0v) is 49.4. The van der Waals surface area contributed by atoms with Gasteiger partial charge in [-0.1, -0.05) is 103 Å². The molecular weight excluding hydrogens is 1030 g/mol. The lowest BCUT2D eigenvalue weighted by atomic mass is 9.81. The first-order valence-corrected chi connectivity index (χ1v) is 29.3. The molecule has 444 valence electrons. The normalized spacial score (nSPS) is 41.7. The second kappa shape index (κ2) is 28.8. The first-order chi connectivity index (χ1) is 37.3. The third-order valence-corrected chi connectivity index (χ3v) is 18.8. The number of methoxy groups -OCH3 is 5. The van der Waals surface area contributed by atoms with E-state index < -0.39 is 103 Å². The minimum Gasteiger partial charge on any atom is -0.390 e. The Hall–Kier alpha value is -2.29. The van der Waals surface area contributed by atoms with E-state index in [2.05, 4.69) is 41.5 Å². The van der Waals surface area contributed by atoms with Gasteiger partial charge in [-0.3, -0.25) is 4.18 Å². The number of aliphatic hydroxyl groups is 1. The van der Waals surface area contributed by atoms with Gasteiger partial charge < -0.3 is 76.2 Å².